The second-order valence-electron chi connectivity index (χ2n) is 9.97. The lowest BCUT2D eigenvalue weighted by Gasteiger charge is -2.41. The maximum absolute atomic E-state index is 4.78. The number of hydrogen-bond donors (Lipinski definition) is 0. The molecule has 150 valence electrons. The van der Waals surface area contributed by atoms with E-state index in [1.165, 1.54) is 102 Å². The summed E-state index contributed by atoms with van der Waals surface area (Å²) in [7, 11) is 0. The average Bonchev–Trinajstić information content (AvgIpc) is 2.70. The van der Waals surface area contributed by atoms with E-state index in [4.69, 9.17) is 6.92 Å². The van der Waals surface area contributed by atoms with Crippen molar-refractivity contribution in [1.29, 1.82) is 0 Å². The van der Waals surface area contributed by atoms with E-state index in [9.17, 15) is 0 Å². The van der Waals surface area contributed by atoms with Crippen molar-refractivity contribution in [2.75, 3.05) is 0 Å². The first-order valence-corrected chi connectivity index (χ1v) is 12.2. The summed E-state index contributed by atoms with van der Waals surface area (Å²) >= 11 is 0. The van der Waals surface area contributed by atoms with Crippen molar-refractivity contribution in [2.45, 2.75) is 128 Å². The van der Waals surface area contributed by atoms with Gasteiger partial charge in [0.1, 0.15) is 0 Å². The maximum atomic E-state index is 4.78. The average molecular weight is 366 g/mol. The van der Waals surface area contributed by atoms with E-state index in [0.29, 0.717) is 0 Å². The van der Waals surface area contributed by atoms with Crippen LogP contribution < -0.4 is 0 Å². The summed E-state index contributed by atoms with van der Waals surface area (Å²) in [6.45, 7) is 9.72. The molecule has 0 N–H and O–H groups in total. The first-order chi connectivity index (χ1) is 13.2. The zero-order valence-electron chi connectivity index (χ0n) is 18.0. The summed E-state index contributed by atoms with van der Waals surface area (Å²) in [6, 6.07) is 0. The minimum Gasteiger partial charge on any atom is -0.198 e. The fourth-order valence-electron chi connectivity index (χ4n) is 7.06. The lowest BCUT2D eigenvalue weighted by Crippen LogP contribution is -2.19. The van der Waals surface area contributed by atoms with Gasteiger partial charge in [0, 0.05) is 0 Å². The molecule has 0 aromatic heterocycles. The molecule has 27 heavy (non-hydrogen) atoms. The summed E-state index contributed by atoms with van der Waals surface area (Å²) in [6.07, 6.45) is 21.4. The van der Waals surface area contributed by atoms with Crippen LogP contribution in [0.3, 0.4) is 0 Å². The van der Waals surface area contributed by atoms with Gasteiger partial charge in [0.05, 0.1) is 0 Å². The zero-order chi connectivity index (χ0) is 18.8. The molecule has 0 aliphatic heterocycles. The summed E-state index contributed by atoms with van der Waals surface area (Å²) in [5.74, 6) is 2.40. The van der Waals surface area contributed by atoms with Gasteiger partial charge in [-0.3, -0.25) is 0 Å². The summed E-state index contributed by atoms with van der Waals surface area (Å²) in [5, 5.41) is 0. The molecule has 4 rings (SSSR count). The third kappa shape index (κ3) is 3.83. The Morgan fingerprint density at radius 2 is 0.778 bits per heavy atom. The molecule has 0 unspecified atom stereocenters. The Bertz CT molecular complexity index is 523. The maximum Gasteiger partial charge on any atom is -0.0177 e. The molecule has 0 nitrogen and oxygen atoms in total. The molecule has 0 radical (unpaired) electrons. The van der Waals surface area contributed by atoms with Gasteiger partial charge >= 0.3 is 0 Å². The highest BCUT2D eigenvalue weighted by molar-refractivity contribution is 5.56. The van der Waals surface area contributed by atoms with Gasteiger partial charge in [-0.2, -0.15) is 12.5 Å². The number of benzene rings is 1. The standard InChI is InChI=1S/C27H41/c1-19-25(22-13-7-4-8-14-22)20(2)27(24-17-11-6-12-18-24)21(3)26(19)23-15-9-5-10-16-23/h22-24H,1,4-18H2,2-3H3/q-1. The first-order valence-electron chi connectivity index (χ1n) is 12.2. The normalized spacial score (nSPS) is 23.6. The topological polar surface area (TPSA) is 0 Å². The van der Waals surface area contributed by atoms with Crippen LogP contribution >= 0.6 is 0 Å². The molecule has 0 heterocycles. The fraction of sp³-hybridized carbons (Fsp3) is 0.741. The Labute approximate surface area is 168 Å². The molecule has 3 saturated carbocycles. The highest BCUT2D eigenvalue weighted by Crippen LogP contribution is 2.47. The second kappa shape index (κ2) is 8.62. The van der Waals surface area contributed by atoms with Crippen molar-refractivity contribution < 1.29 is 0 Å². The van der Waals surface area contributed by atoms with Crippen LogP contribution in [-0.2, 0) is 0 Å². The lowest BCUT2D eigenvalue weighted by atomic mass is 9.69. The molecule has 0 bridgehead atoms. The predicted octanol–water partition coefficient (Wildman–Crippen LogP) is 8.63. The predicted molar refractivity (Wildman–Crippen MR) is 118 cm³/mol. The minimum absolute atomic E-state index is 0.788. The van der Waals surface area contributed by atoms with Crippen molar-refractivity contribution in [2.24, 2.45) is 0 Å². The van der Waals surface area contributed by atoms with Gasteiger partial charge in [0.15, 0.2) is 0 Å². The van der Waals surface area contributed by atoms with Gasteiger partial charge in [0.2, 0.25) is 0 Å². The Hall–Kier alpha value is -0.910. The van der Waals surface area contributed by atoms with Gasteiger partial charge in [-0.15, -0.1) is 11.1 Å². The summed E-state index contributed by atoms with van der Waals surface area (Å²) in [4.78, 5) is 0. The summed E-state index contributed by atoms with van der Waals surface area (Å²) in [5.41, 5.74) is 10.0. The Morgan fingerprint density at radius 3 is 1.11 bits per heavy atom. The summed E-state index contributed by atoms with van der Waals surface area (Å²) < 4.78 is 0. The van der Waals surface area contributed by atoms with Crippen molar-refractivity contribution in [1.82, 2.24) is 0 Å². The van der Waals surface area contributed by atoms with Crippen LogP contribution in [0.4, 0.5) is 0 Å². The molecule has 0 heteroatoms. The van der Waals surface area contributed by atoms with E-state index in [2.05, 4.69) is 13.8 Å². The second-order valence-corrected chi connectivity index (χ2v) is 9.97. The molecular weight excluding hydrogens is 324 g/mol. The van der Waals surface area contributed by atoms with E-state index in [-0.39, 0.29) is 0 Å². The van der Waals surface area contributed by atoms with Gasteiger partial charge in [-0.05, 0) is 18.8 Å². The van der Waals surface area contributed by atoms with Crippen molar-refractivity contribution in [3.63, 3.8) is 0 Å². The molecule has 0 spiro atoms. The first kappa shape index (κ1) is 19.4. The third-order valence-electron chi connectivity index (χ3n) is 8.31. The monoisotopic (exact) mass is 365 g/mol. The molecule has 0 amide bonds. The van der Waals surface area contributed by atoms with Gasteiger partial charge < -0.3 is 0 Å². The highest BCUT2D eigenvalue weighted by atomic mass is 14.4. The largest absolute Gasteiger partial charge is 0.198 e. The van der Waals surface area contributed by atoms with Gasteiger partial charge in [-0.1, -0.05) is 126 Å². The minimum atomic E-state index is 0.788. The Morgan fingerprint density at radius 1 is 0.481 bits per heavy atom. The van der Waals surface area contributed by atoms with Crippen LogP contribution in [0.15, 0.2) is 0 Å². The van der Waals surface area contributed by atoms with Crippen LogP contribution in [0.1, 0.15) is 147 Å². The van der Waals surface area contributed by atoms with Gasteiger partial charge in [-0.25, -0.2) is 0 Å². The molecule has 3 fully saturated rings. The molecule has 0 atom stereocenters. The van der Waals surface area contributed by atoms with E-state index in [1.807, 2.05) is 0 Å². The van der Waals surface area contributed by atoms with Crippen molar-refractivity contribution in [3.05, 3.63) is 40.3 Å². The van der Waals surface area contributed by atoms with Crippen molar-refractivity contribution >= 4 is 0 Å². The molecule has 3 aliphatic rings. The third-order valence-corrected chi connectivity index (χ3v) is 8.31. The highest BCUT2D eigenvalue weighted by Gasteiger charge is 2.26. The van der Waals surface area contributed by atoms with Crippen molar-refractivity contribution in [3.8, 4) is 0 Å². The molecule has 1 aromatic rings. The molecular formula is C27H41-. The quantitative estimate of drug-likeness (QED) is 0.470. The Balaban J connectivity index is 1.83. The van der Waals surface area contributed by atoms with Crippen LogP contribution in [0, 0.1) is 20.8 Å². The van der Waals surface area contributed by atoms with E-state index >= 15 is 0 Å². The van der Waals surface area contributed by atoms with Crippen LogP contribution in [0.2, 0.25) is 0 Å². The van der Waals surface area contributed by atoms with Crippen LogP contribution in [0.25, 0.3) is 0 Å². The Kier molecular flexibility index (Phi) is 6.20. The molecule has 3 aliphatic carbocycles. The van der Waals surface area contributed by atoms with Crippen LogP contribution in [0.5, 0.6) is 0 Å². The SMILES string of the molecule is [CH2-]c1c(C2CCCCC2)c(C)c(C2CCCCC2)c(C)c1C1CCCCC1. The fourth-order valence-corrected chi connectivity index (χ4v) is 7.06. The number of hydrogen-bond acceptors (Lipinski definition) is 0. The molecule has 1 aromatic carbocycles. The van der Waals surface area contributed by atoms with E-state index < -0.39 is 0 Å². The van der Waals surface area contributed by atoms with Gasteiger partial charge in [0.25, 0.3) is 0 Å². The smallest absolute Gasteiger partial charge is 0.0177 e. The lowest BCUT2D eigenvalue weighted by molar-refractivity contribution is 0.422. The van der Waals surface area contributed by atoms with Crippen LogP contribution in [-0.4, -0.2) is 0 Å². The van der Waals surface area contributed by atoms with E-state index in [0.717, 1.165) is 17.8 Å². The number of rotatable bonds is 3. The zero-order valence-corrected chi connectivity index (χ0v) is 18.0. The molecule has 0 saturated heterocycles. The van der Waals surface area contributed by atoms with E-state index in [1.54, 1.807) is 27.8 Å².